The Balaban J connectivity index is 2.22. The summed E-state index contributed by atoms with van der Waals surface area (Å²) in [6.07, 6.45) is 2.03. The van der Waals surface area contributed by atoms with Gasteiger partial charge in [0, 0.05) is 16.9 Å². The van der Waals surface area contributed by atoms with Crippen LogP contribution in [0, 0.1) is 5.92 Å². The Labute approximate surface area is 105 Å². The number of alkyl halides is 1. The fourth-order valence-electron chi connectivity index (χ4n) is 2.34. The first kappa shape index (κ1) is 12.1. The Bertz CT molecular complexity index is 359. The maximum Gasteiger partial charge on any atom is 0.137 e. The van der Waals surface area contributed by atoms with Gasteiger partial charge in [0.2, 0.25) is 0 Å². The lowest BCUT2D eigenvalue weighted by Gasteiger charge is -2.34. The molecule has 1 aliphatic rings. The SMILES string of the molecule is CC(F)(c1cccc(Br)c1)C1CCCNC1. The summed E-state index contributed by atoms with van der Waals surface area (Å²) in [6.45, 7) is 3.50. The van der Waals surface area contributed by atoms with E-state index in [9.17, 15) is 4.39 Å². The van der Waals surface area contributed by atoms with E-state index in [0.717, 1.165) is 36.0 Å². The summed E-state index contributed by atoms with van der Waals surface area (Å²) in [5.74, 6) is 0.0792. The topological polar surface area (TPSA) is 12.0 Å². The summed E-state index contributed by atoms with van der Waals surface area (Å²) >= 11 is 3.40. The standard InChI is InChI=1S/C13H17BrFN/c1-13(15,11-5-3-7-16-9-11)10-4-2-6-12(14)8-10/h2,4,6,8,11,16H,3,5,7,9H2,1H3. The van der Waals surface area contributed by atoms with Gasteiger partial charge < -0.3 is 5.32 Å². The summed E-state index contributed by atoms with van der Waals surface area (Å²) in [4.78, 5) is 0. The van der Waals surface area contributed by atoms with E-state index >= 15 is 0 Å². The largest absolute Gasteiger partial charge is 0.316 e. The van der Waals surface area contributed by atoms with Crippen molar-refractivity contribution in [2.24, 2.45) is 5.92 Å². The average molecular weight is 286 g/mol. The van der Waals surface area contributed by atoms with Gasteiger partial charge in [0.1, 0.15) is 5.67 Å². The average Bonchev–Trinajstić information content (AvgIpc) is 2.30. The number of rotatable bonds is 2. The molecule has 0 aromatic heterocycles. The van der Waals surface area contributed by atoms with E-state index in [1.165, 1.54) is 0 Å². The zero-order valence-corrected chi connectivity index (χ0v) is 11.1. The van der Waals surface area contributed by atoms with Crippen LogP contribution in [0.15, 0.2) is 28.7 Å². The molecule has 1 fully saturated rings. The molecule has 88 valence electrons. The van der Waals surface area contributed by atoms with E-state index in [2.05, 4.69) is 21.2 Å². The molecule has 1 aromatic rings. The van der Waals surface area contributed by atoms with E-state index < -0.39 is 5.67 Å². The first-order valence-corrected chi connectivity index (χ1v) is 6.55. The van der Waals surface area contributed by atoms with Gasteiger partial charge >= 0.3 is 0 Å². The Morgan fingerprint density at radius 2 is 2.31 bits per heavy atom. The molecule has 0 amide bonds. The van der Waals surface area contributed by atoms with Gasteiger partial charge in [-0.3, -0.25) is 0 Å². The number of piperidine rings is 1. The van der Waals surface area contributed by atoms with Crippen LogP contribution in [-0.2, 0) is 5.67 Å². The van der Waals surface area contributed by atoms with Crippen molar-refractivity contribution in [3.8, 4) is 0 Å². The third-order valence-corrected chi connectivity index (χ3v) is 3.95. The lowest BCUT2D eigenvalue weighted by Crippen LogP contribution is -2.39. The van der Waals surface area contributed by atoms with Gasteiger partial charge in [-0.05, 0) is 44.0 Å². The lowest BCUT2D eigenvalue weighted by molar-refractivity contribution is 0.0811. The zero-order chi connectivity index (χ0) is 11.6. The maximum atomic E-state index is 14.8. The van der Waals surface area contributed by atoms with E-state index in [-0.39, 0.29) is 5.92 Å². The van der Waals surface area contributed by atoms with Crippen LogP contribution in [0.3, 0.4) is 0 Å². The molecule has 2 unspecified atom stereocenters. The Morgan fingerprint density at radius 3 is 2.94 bits per heavy atom. The Morgan fingerprint density at radius 1 is 1.50 bits per heavy atom. The molecule has 2 atom stereocenters. The van der Waals surface area contributed by atoms with E-state index in [0.29, 0.717) is 0 Å². The van der Waals surface area contributed by atoms with Crippen molar-refractivity contribution in [3.63, 3.8) is 0 Å². The molecule has 1 aromatic carbocycles. The molecule has 1 heterocycles. The third kappa shape index (κ3) is 2.46. The van der Waals surface area contributed by atoms with Gasteiger partial charge in [-0.25, -0.2) is 4.39 Å². The van der Waals surface area contributed by atoms with Gasteiger partial charge in [-0.1, -0.05) is 28.1 Å². The van der Waals surface area contributed by atoms with E-state index in [1.54, 1.807) is 6.92 Å². The van der Waals surface area contributed by atoms with Gasteiger partial charge in [0.15, 0.2) is 0 Å². The van der Waals surface area contributed by atoms with Crippen molar-refractivity contribution in [1.29, 1.82) is 0 Å². The van der Waals surface area contributed by atoms with Crippen molar-refractivity contribution in [2.45, 2.75) is 25.4 Å². The molecule has 0 spiro atoms. The quantitative estimate of drug-likeness (QED) is 0.875. The fraction of sp³-hybridized carbons (Fsp3) is 0.538. The first-order chi connectivity index (χ1) is 7.60. The van der Waals surface area contributed by atoms with Gasteiger partial charge in [-0.2, -0.15) is 0 Å². The molecule has 0 aliphatic carbocycles. The van der Waals surface area contributed by atoms with Crippen LogP contribution < -0.4 is 5.32 Å². The van der Waals surface area contributed by atoms with Crippen LogP contribution in [0.4, 0.5) is 4.39 Å². The molecule has 3 heteroatoms. The van der Waals surface area contributed by atoms with E-state index in [1.807, 2.05) is 24.3 Å². The molecule has 1 N–H and O–H groups in total. The zero-order valence-electron chi connectivity index (χ0n) is 9.47. The van der Waals surface area contributed by atoms with Crippen LogP contribution in [0.2, 0.25) is 0 Å². The number of nitrogens with one attached hydrogen (secondary N) is 1. The Kier molecular flexibility index (Phi) is 3.65. The lowest BCUT2D eigenvalue weighted by atomic mass is 9.80. The minimum Gasteiger partial charge on any atom is -0.316 e. The van der Waals surface area contributed by atoms with Crippen LogP contribution in [0.25, 0.3) is 0 Å². The highest BCUT2D eigenvalue weighted by atomic mass is 79.9. The summed E-state index contributed by atoms with van der Waals surface area (Å²) in [5.41, 5.74) is -0.465. The molecule has 16 heavy (non-hydrogen) atoms. The van der Waals surface area contributed by atoms with Gasteiger partial charge in [0.25, 0.3) is 0 Å². The fourth-order valence-corrected chi connectivity index (χ4v) is 2.74. The predicted octanol–water partition coefficient (Wildman–Crippen LogP) is 3.63. The van der Waals surface area contributed by atoms with Crippen molar-refractivity contribution < 1.29 is 4.39 Å². The second kappa shape index (κ2) is 4.84. The van der Waals surface area contributed by atoms with E-state index in [4.69, 9.17) is 0 Å². The van der Waals surface area contributed by atoms with Crippen LogP contribution in [-0.4, -0.2) is 13.1 Å². The summed E-state index contributed by atoms with van der Waals surface area (Å²) in [5, 5.41) is 3.27. The molecule has 1 aliphatic heterocycles. The second-order valence-corrected chi connectivity index (χ2v) is 5.54. The molecular weight excluding hydrogens is 269 g/mol. The molecule has 1 nitrogen and oxygen atoms in total. The molecule has 0 radical (unpaired) electrons. The highest BCUT2D eigenvalue weighted by Gasteiger charge is 2.36. The smallest absolute Gasteiger partial charge is 0.137 e. The molecule has 1 saturated heterocycles. The van der Waals surface area contributed by atoms with Crippen molar-refractivity contribution in [2.75, 3.05) is 13.1 Å². The summed E-state index contributed by atoms with van der Waals surface area (Å²) in [6, 6.07) is 7.58. The van der Waals surface area contributed by atoms with Gasteiger partial charge in [0.05, 0.1) is 0 Å². The monoisotopic (exact) mass is 285 g/mol. The van der Waals surface area contributed by atoms with Crippen molar-refractivity contribution in [3.05, 3.63) is 34.3 Å². The van der Waals surface area contributed by atoms with Crippen LogP contribution >= 0.6 is 15.9 Å². The predicted molar refractivity (Wildman–Crippen MR) is 68.2 cm³/mol. The number of hydrogen-bond donors (Lipinski definition) is 1. The van der Waals surface area contributed by atoms with Crippen LogP contribution in [0.5, 0.6) is 0 Å². The highest BCUT2D eigenvalue weighted by molar-refractivity contribution is 9.10. The summed E-state index contributed by atoms with van der Waals surface area (Å²) < 4.78 is 15.8. The number of benzene rings is 1. The minimum absolute atomic E-state index is 0.0792. The maximum absolute atomic E-state index is 14.8. The number of halogens is 2. The van der Waals surface area contributed by atoms with Crippen molar-refractivity contribution >= 4 is 15.9 Å². The minimum atomic E-state index is -1.24. The van der Waals surface area contributed by atoms with Crippen LogP contribution in [0.1, 0.15) is 25.3 Å². The number of hydrogen-bond acceptors (Lipinski definition) is 1. The second-order valence-electron chi connectivity index (χ2n) is 4.63. The van der Waals surface area contributed by atoms with Gasteiger partial charge in [-0.15, -0.1) is 0 Å². The molecule has 0 saturated carbocycles. The highest BCUT2D eigenvalue weighted by Crippen LogP contribution is 2.38. The molecule has 2 rings (SSSR count). The summed E-state index contributed by atoms with van der Waals surface area (Å²) in [7, 11) is 0. The third-order valence-electron chi connectivity index (χ3n) is 3.45. The first-order valence-electron chi connectivity index (χ1n) is 5.76. The molecular formula is C13H17BrFN. The normalized spacial score (nSPS) is 25.1. The molecule has 0 bridgehead atoms. The Hall–Kier alpha value is -0.410. The van der Waals surface area contributed by atoms with Crippen molar-refractivity contribution in [1.82, 2.24) is 5.32 Å².